The van der Waals surface area contributed by atoms with E-state index in [4.69, 9.17) is 4.74 Å². The summed E-state index contributed by atoms with van der Waals surface area (Å²) in [6.45, 7) is 1.77. The standard InChI is InChI=1S/C24H23FN2O3/c1-14-21(24(29)27-18-10-4-3-9-17(18)25)22(15-7-5-8-16(13-15)30-2)23-19(26-14)11-6-12-20(23)28/h3-5,7-10,13,22-23H,6,11-12H2,1-2H3,(H,27,29)/t22-,23+/m1/s1. The number of nitrogens with zero attached hydrogens (tertiary/aromatic N) is 1. The van der Waals surface area contributed by atoms with Crippen molar-refractivity contribution in [2.45, 2.75) is 32.1 Å². The summed E-state index contributed by atoms with van der Waals surface area (Å²) < 4.78 is 19.5. The van der Waals surface area contributed by atoms with Crippen molar-refractivity contribution in [2.75, 3.05) is 12.4 Å². The number of hydrogen-bond acceptors (Lipinski definition) is 4. The smallest absolute Gasteiger partial charge is 0.254 e. The van der Waals surface area contributed by atoms with Crippen LogP contribution in [0.1, 0.15) is 37.7 Å². The number of hydrogen-bond donors (Lipinski definition) is 1. The topological polar surface area (TPSA) is 67.8 Å². The number of fused-ring (bicyclic) bond motifs is 1. The summed E-state index contributed by atoms with van der Waals surface area (Å²) in [4.78, 5) is 30.9. The van der Waals surface area contributed by atoms with E-state index in [1.807, 2.05) is 24.3 Å². The van der Waals surface area contributed by atoms with E-state index in [2.05, 4.69) is 10.3 Å². The van der Waals surface area contributed by atoms with Gasteiger partial charge in [0.1, 0.15) is 17.3 Å². The highest BCUT2D eigenvalue weighted by Gasteiger charge is 2.43. The Labute approximate surface area is 174 Å². The number of para-hydroxylation sites is 1. The molecule has 1 aliphatic carbocycles. The fourth-order valence-electron chi connectivity index (χ4n) is 4.36. The molecule has 30 heavy (non-hydrogen) atoms. The largest absolute Gasteiger partial charge is 0.497 e. The molecule has 1 fully saturated rings. The van der Waals surface area contributed by atoms with Gasteiger partial charge in [-0.25, -0.2) is 4.39 Å². The minimum atomic E-state index is -0.518. The first kappa shape index (κ1) is 20.0. The van der Waals surface area contributed by atoms with Crippen molar-refractivity contribution in [3.63, 3.8) is 0 Å². The molecular formula is C24H23FN2O3. The third-order valence-corrected chi connectivity index (χ3v) is 5.73. The number of nitrogens with one attached hydrogen (secondary N) is 1. The van der Waals surface area contributed by atoms with Gasteiger partial charge in [0.2, 0.25) is 0 Å². The van der Waals surface area contributed by atoms with E-state index in [0.717, 1.165) is 24.1 Å². The lowest BCUT2D eigenvalue weighted by molar-refractivity contribution is -0.122. The van der Waals surface area contributed by atoms with Crippen LogP contribution in [0.2, 0.25) is 0 Å². The summed E-state index contributed by atoms with van der Waals surface area (Å²) >= 11 is 0. The highest BCUT2D eigenvalue weighted by atomic mass is 19.1. The predicted molar refractivity (Wildman–Crippen MR) is 113 cm³/mol. The van der Waals surface area contributed by atoms with Gasteiger partial charge >= 0.3 is 0 Å². The van der Waals surface area contributed by atoms with Gasteiger partial charge in [-0.3, -0.25) is 14.6 Å². The maximum absolute atomic E-state index is 14.1. The van der Waals surface area contributed by atoms with Crippen LogP contribution in [-0.4, -0.2) is 24.5 Å². The van der Waals surface area contributed by atoms with Gasteiger partial charge in [0.25, 0.3) is 5.91 Å². The van der Waals surface area contributed by atoms with E-state index in [1.54, 1.807) is 26.2 Å². The first-order valence-corrected chi connectivity index (χ1v) is 10.0. The van der Waals surface area contributed by atoms with Crippen LogP contribution in [-0.2, 0) is 9.59 Å². The molecule has 0 spiro atoms. The number of Topliss-reactive ketones (excluding diaryl/α,β-unsaturated/α-hetero) is 1. The molecule has 2 aromatic carbocycles. The van der Waals surface area contributed by atoms with Crippen molar-refractivity contribution in [1.29, 1.82) is 0 Å². The van der Waals surface area contributed by atoms with E-state index >= 15 is 0 Å². The number of ether oxygens (including phenoxy) is 1. The molecule has 0 aromatic heterocycles. The van der Waals surface area contributed by atoms with E-state index in [-0.39, 0.29) is 11.5 Å². The molecule has 154 valence electrons. The zero-order valence-electron chi connectivity index (χ0n) is 16.9. The first-order chi connectivity index (χ1) is 14.5. The number of anilines is 1. The molecule has 2 aliphatic rings. The Kier molecular flexibility index (Phi) is 5.48. The van der Waals surface area contributed by atoms with Crippen molar-refractivity contribution < 1.29 is 18.7 Å². The van der Waals surface area contributed by atoms with Crippen molar-refractivity contribution in [2.24, 2.45) is 10.9 Å². The monoisotopic (exact) mass is 406 g/mol. The van der Waals surface area contributed by atoms with Crippen LogP contribution in [0.15, 0.2) is 64.8 Å². The Balaban J connectivity index is 1.81. The second-order valence-electron chi connectivity index (χ2n) is 7.59. The predicted octanol–water partition coefficient (Wildman–Crippen LogP) is 4.65. The quantitative estimate of drug-likeness (QED) is 0.803. The normalized spacial score (nSPS) is 21.0. The number of methoxy groups -OCH3 is 1. The van der Waals surface area contributed by atoms with Gasteiger partial charge in [-0.15, -0.1) is 0 Å². The zero-order valence-corrected chi connectivity index (χ0v) is 16.9. The Morgan fingerprint density at radius 3 is 2.70 bits per heavy atom. The molecule has 1 N–H and O–H groups in total. The number of ketones is 1. The molecule has 1 amide bonds. The lowest BCUT2D eigenvalue weighted by Crippen LogP contribution is -2.39. The maximum Gasteiger partial charge on any atom is 0.254 e. The van der Waals surface area contributed by atoms with Gasteiger partial charge in [0, 0.05) is 29.3 Å². The van der Waals surface area contributed by atoms with Crippen molar-refractivity contribution in [1.82, 2.24) is 0 Å². The van der Waals surface area contributed by atoms with Crippen LogP contribution < -0.4 is 10.1 Å². The van der Waals surface area contributed by atoms with Crippen LogP contribution >= 0.6 is 0 Å². The molecule has 1 aliphatic heterocycles. The maximum atomic E-state index is 14.1. The van der Waals surface area contributed by atoms with E-state index < -0.39 is 23.6 Å². The molecule has 0 bridgehead atoms. The molecule has 0 unspecified atom stereocenters. The lowest BCUT2D eigenvalue weighted by Gasteiger charge is -2.36. The second kappa shape index (κ2) is 8.22. The zero-order chi connectivity index (χ0) is 21.3. The van der Waals surface area contributed by atoms with Gasteiger partial charge in [-0.05, 0) is 49.6 Å². The summed E-state index contributed by atoms with van der Waals surface area (Å²) in [5, 5.41) is 2.67. The summed E-state index contributed by atoms with van der Waals surface area (Å²) in [6.07, 6.45) is 1.96. The Hall–Kier alpha value is -3.28. The molecule has 0 saturated heterocycles. The fourth-order valence-corrected chi connectivity index (χ4v) is 4.36. The molecule has 6 heteroatoms. The molecular weight excluding hydrogens is 383 g/mol. The number of allylic oxidation sites excluding steroid dienone is 1. The molecule has 5 nitrogen and oxygen atoms in total. The number of benzene rings is 2. The first-order valence-electron chi connectivity index (χ1n) is 10.0. The van der Waals surface area contributed by atoms with E-state index in [0.29, 0.717) is 23.4 Å². The summed E-state index contributed by atoms with van der Waals surface area (Å²) in [6, 6.07) is 13.4. The highest BCUT2D eigenvalue weighted by molar-refractivity contribution is 6.14. The lowest BCUT2D eigenvalue weighted by atomic mass is 9.69. The summed E-state index contributed by atoms with van der Waals surface area (Å²) in [5.74, 6) is -1.23. The average molecular weight is 406 g/mol. The van der Waals surface area contributed by atoms with E-state index in [1.165, 1.54) is 12.1 Å². The highest BCUT2D eigenvalue weighted by Crippen LogP contribution is 2.43. The van der Waals surface area contributed by atoms with Crippen LogP contribution in [0.4, 0.5) is 10.1 Å². The van der Waals surface area contributed by atoms with E-state index in [9.17, 15) is 14.0 Å². The molecule has 4 rings (SSSR count). The fraction of sp³-hybridized carbons (Fsp3) is 0.292. The SMILES string of the molecule is COc1cccc([C@@H]2C(C(=O)Nc3ccccc3F)=C(C)N=C3CCCC(=O)[C@H]32)c1. The molecule has 0 radical (unpaired) electrons. The third kappa shape index (κ3) is 3.65. The average Bonchev–Trinajstić information content (AvgIpc) is 2.74. The van der Waals surface area contributed by atoms with Gasteiger partial charge < -0.3 is 10.1 Å². The van der Waals surface area contributed by atoms with Crippen molar-refractivity contribution >= 4 is 23.1 Å². The van der Waals surface area contributed by atoms with Crippen LogP contribution in [0.25, 0.3) is 0 Å². The molecule has 2 atom stereocenters. The second-order valence-corrected chi connectivity index (χ2v) is 7.59. The van der Waals surface area contributed by atoms with Crippen molar-refractivity contribution in [3.05, 3.63) is 71.2 Å². The number of aliphatic imine (C=N–C) groups is 1. The van der Waals surface area contributed by atoms with Crippen molar-refractivity contribution in [3.8, 4) is 5.75 Å². The Bertz CT molecular complexity index is 1070. The summed E-state index contributed by atoms with van der Waals surface area (Å²) in [7, 11) is 1.57. The van der Waals surface area contributed by atoms with Gasteiger partial charge in [0.05, 0.1) is 18.7 Å². The third-order valence-electron chi connectivity index (χ3n) is 5.73. The number of carbonyl (C=O) groups excluding carboxylic acids is 2. The van der Waals surface area contributed by atoms with Crippen LogP contribution in [0, 0.1) is 11.7 Å². The van der Waals surface area contributed by atoms with Gasteiger partial charge in [0.15, 0.2) is 0 Å². The minimum Gasteiger partial charge on any atom is -0.497 e. The minimum absolute atomic E-state index is 0.0801. The summed E-state index contributed by atoms with van der Waals surface area (Å²) in [5.41, 5.74) is 2.66. The van der Waals surface area contributed by atoms with Crippen LogP contribution in [0.5, 0.6) is 5.75 Å². The Morgan fingerprint density at radius 2 is 1.93 bits per heavy atom. The van der Waals surface area contributed by atoms with Gasteiger partial charge in [-0.2, -0.15) is 0 Å². The number of carbonyl (C=O) groups is 2. The van der Waals surface area contributed by atoms with Crippen LogP contribution in [0.3, 0.4) is 0 Å². The van der Waals surface area contributed by atoms with Gasteiger partial charge in [-0.1, -0.05) is 24.3 Å². The number of amides is 1. The molecule has 2 aromatic rings. The number of halogens is 1. The Morgan fingerprint density at radius 1 is 1.13 bits per heavy atom. The number of rotatable bonds is 4. The molecule has 1 saturated carbocycles. The molecule has 1 heterocycles.